The van der Waals surface area contributed by atoms with Gasteiger partial charge in [0.1, 0.15) is 0 Å². The minimum atomic E-state index is 0.295. The third-order valence-electron chi connectivity index (χ3n) is 3.38. The Morgan fingerprint density at radius 3 is 2.58 bits per heavy atom. The van der Waals surface area contributed by atoms with E-state index in [1.165, 1.54) is 17.1 Å². The van der Waals surface area contributed by atoms with Crippen molar-refractivity contribution >= 4 is 28.3 Å². The number of hydrogen-bond donors (Lipinski definition) is 1. The Morgan fingerprint density at radius 2 is 2.00 bits per heavy atom. The molecule has 0 spiro atoms. The van der Waals surface area contributed by atoms with Crippen LogP contribution >= 0.6 is 23.1 Å². The van der Waals surface area contributed by atoms with Gasteiger partial charge >= 0.3 is 0 Å². The molecule has 1 aliphatic rings. The van der Waals surface area contributed by atoms with Gasteiger partial charge in [-0.2, -0.15) is 0 Å². The van der Waals surface area contributed by atoms with Crippen molar-refractivity contribution in [3.8, 4) is 0 Å². The summed E-state index contributed by atoms with van der Waals surface area (Å²) in [5, 5.41) is 5.80. The van der Waals surface area contributed by atoms with Crippen LogP contribution in [0.3, 0.4) is 0 Å². The lowest BCUT2D eigenvalue weighted by Gasteiger charge is -2.25. The number of thioether (sulfide) groups is 1. The van der Waals surface area contributed by atoms with Gasteiger partial charge in [0.2, 0.25) is 0 Å². The van der Waals surface area contributed by atoms with Gasteiger partial charge < -0.3 is 5.32 Å². The first-order chi connectivity index (χ1) is 8.97. The Labute approximate surface area is 124 Å². The number of aromatic nitrogens is 1. The third-order valence-corrected chi connectivity index (χ3v) is 5.57. The molecule has 2 atom stereocenters. The summed E-state index contributed by atoms with van der Waals surface area (Å²) in [5.74, 6) is 1.79. The molecule has 0 saturated carbocycles. The minimum absolute atomic E-state index is 0.295. The maximum Gasteiger partial charge on any atom is 0.157 e. The van der Waals surface area contributed by atoms with Crippen molar-refractivity contribution in [2.24, 2.45) is 10.9 Å². The van der Waals surface area contributed by atoms with Crippen molar-refractivity contribution in [2.45, 2.75) is 53.1 Å². The van der Waals surface area contributed by atoms with Crippen LogP contribution in [0, 0.1) is 19.8 Å². The topological polar surface area (TPSA) is 37.3 Å². The maximum absolute atomic E-state index is 4.84. The fourth-order valence-corrected chi connectivity index (χ4v) is 4.24. The van der Waals surface area contributed by atoms with Crippen LogP contribution in [0.2, 0.25) is 0 Å². The number of aliphatic imine (C=N–C) groups is 1. The van der Waals surface area contributed by atoms with E-state index in [4.69, 9.17) is 4.99 Å². The normalized spacial score (nSPS) is 21.4. The van der Waals surface area contributed by atoms with Gasteiger partial charge in [-0.3, -0.25) is 4.99 Å². The van der Waals surface area contributed by atoms with Crippen LogP contribution in [0.1, 0.15) is 48.8 Å². The number of nitrogens with zero attached hydrogens (tertiary/aromatic N) is 2. The molecular weight excluding hydrogens is 274 g/mol. The monoisotopic (exact) mass is 297 g/mol. The zero-order valence-electron chi connectivity index (χ0n) is 12.4. The number of thiazole rings is 1. The van der Waals surface area contributed by atoms with E-state index in [2.05, 4.69) is 44.9 Å². The Bertz CT molecular complexity index is 465. The number of nitrogens with one attached hydrogen (secondary N) is 1. The molecule has 0 saturated heterocycles. The molecule has 2 rings (SSSR count). The van der Waals surface area contributed by atoms with Crippen LogP contribution in [-0.4, -0.2) is 21.9 Å². The lowest BCUT2D eigenvalue weighted by molar-refractivity contribution is 0.482. The van der Waals surface area contributed by atoms with Crippen molar-refractivity contribution < 1.29 is 0 Å². The molecule has 0 aliphatic carbocycles. The molecule has 3 nitrogen and oxygen atoms in total. The van der Waals surface area contributed by atoms with Crippen molar-refractivity contribution in [1.29, 1.82) is 0 Å². The van der Waals surface area contributed by atoms with Crippen LogP contribution in [-0.2, 0) is 0 Å². The highest BCUT2D eigenvalue weighted by Gasteiger charge is 2.21. The van der Waals surface area contributed by atoms with Gasteiger partial charge in [-0.15, -0.1) is 11.3 Å². The Hall–Kier alpha value is -0.550. The fourth-order valence-electron chi connectivity index (χ4n) is 2.29. The van der Waals surface area contributed by atoms with Crippen molar-refractivity contribution in [3.63, 3.8) is 0 Å². The van der Waals surface area contributed by atoms with Crippen LogP contribution in [0.25, 0.3) is 0 Å². The summed E-state index contributed by atoms with van der Waals surface area (Å²) < 4.78 is 0. The molecule has 5 heteroatoms. The fraction of sp³-hybridized carbons (Fsp3) is 0.714. The van der Waals surface area contributed by atoms with Gasteiger partial charge in [-0.05, 0) is 33.1 Å². The lowest BCUT2D eigenvalue weighted by atomic mass is 10.0. The summed E-state index contributed by atoms with van der Waals surface area (Å²) in [5.41, 5.74) is 1.14. The predicted molar refractivity (Wildman–Crippen MR) is 86.3 cm³/mol. The first-order valence-electron chi connectivity index (χ1n) is 6.88. The molecule has 0 fully saturated rings. The van der Waals surface area contributed by atoms with Crippen molar-refractivity contribution in [1.82, 2.24) is 10.3 Å². The van der Waals surface area contributed by atoms with Gasteiger partial charge in [-0.25, -0.2) is 4.98 Å². The molecule has 1 aromatic rings. The van der Waals surface area contributed by atoms with Gasteiger partial charge in [0.15, 0.2) is 5.17 Å². The number of amidine groups is 1. The standard InChI is InChI=1S/C14H23N3S2/c1-8(2)12-6-7-18-14(17-12)16-10(4)13-9(3)15-11(5)19-13/h8,10,12H,6-7H2,1-5H3,(H,16,17). The molecule has 0 amide bonds. The minimum Gasteiger partial charge on any atom is -0.358 e. The van der Waals surface area contributed by atoms with E-state index in [0.717, 1.165) is 15.9 Å². The smallest absolute Gasteiger partial charge is 0.157 e. The lowest BCUT2D eigenvalue weighted by Crippen LogP contribution is -2.30. The van der Waals surface area contributed by atoms with E-state index >= 15 is 0 Å². The van der Waals surface area contributed by atoms with E-state index in [-0.39, 0.29) is 0 Å². The van der Waals surface area contributed by atoms with Crippen LogP contribution in [0.5, 0.6) is 0 Å². The molecular formula is C14H23N3S2. The summed E-state index contributed by atoms with van der Waals surface area (Å²) >= 11 is 3.62. The second-order valence-corrected chi connectivity index (χ2v) is 7.75. The van der Waals surface area contributed by atoms with Crippen LogP contribution in [0.15, 0.2) is 4.99 Å². The van der Waals surface area contributed by atoms with E-state index in [1.54, 1.807) is 11.3 Å². The SMILES string of the molecule is Cc1nc(C)c(C(C)NC2=NC(C(C)C)CCS2)s1. The van der Waals surface area contributed by atoms with E-state index in [1.807, 2.05) is 11.8 Å². The Kier molecular flexibility index (Phi) is 4.90. The number of rotatable bonds is 3. The molecule has 1 N–H and O–H groups in total. The van der Waals surface area contributed by atoms with Gasteiger partial charge in [0.05, 0.1) is 22.8 Å². The highest BCUT2D eigenvalue weighted by atomic mass is 32.2. The first kappa shape index (κ1) is 14.9. The second-order valence-electron chi connectivity index (χ2n) is 5.43. The van der Waals surface area contributed by atoms with Crippen molar-refractivity contribution in [3.05, 3.63) is 15.6 Å². The summed E-state index contributed by atoms with van der Waals surface area (Å²) in [6, 6.07) is 0.767. The van der Waals surface area contributed by atoms with Gasteiger partial charge in [0, 0.05) is 10.6 Å². The molecule has 2 unspecified atom stereocenters. The zero-order valence-corrected chi connectivity index (χ0v) is 14.0. The molecule has 0 bridgehead atoms. The summed E-state index contributed by atoms with van der Waals surface area (Å²) in [7, 11) is 0. The quantitative estimate of drug-likeness (QED) is 0.918. The first-order valence-corrected chi connectivity index (χ1v) is 8.68. The molecule has 106 valence electrons. The third kappa shape index (κ3) is 3.72. The molecule has 1 aliphatic heterocycles. The molecule has 2 heterocycles. The van der Waals surface area contributed by atoms with Crippen LogP contribution in [0.4, 0.5) is 0 Å². The van der Waals surface area contributed by atoms with Gasteiger partial charge in [-0.1, -0.05) is 25.6 Å². The summed E-state index contributed by atoms with van der Waals surface area (Å²) in [6.07, 6.45) is 1.20. The number of hydrogen-bond acceptors (Lipinski definition) is 5. The van der Waals surface area contributed by atoms with Crippen LogP contribution < -0.4 is 5.32 Å². The molecule has 0 aromatic carbocycles. The summed E-state index contributed by atoms with van der Waals surface area (Å²) in [4.78, 5) is 10.7. The Morgan fingerprint density at radius 1 is 1.26 bits per heavy atom. The number of aryl methyl sites for hydroxylation is 2. The maximum atomic E-state index is 4.84. The van der Waals surface area contributed by atoms with E-state index in [9.17, 15) is 0 Å². The largest absolute Gasteiger partial charge is 0.358 e. The zero-order chi connectivity index (χ0) is 14.0. The second kappa shape index (κ2) is 6.27. The molecule has 0 radical (unpaired) electrons. The average Bonchev–Trinajstić information content (AvgIpc) is 2.69. The van der Waals surface area contributed by atoms with Gasteiger partial charge in [0.25, 0.3) is 0 Å². The van der Waals surface area contributed by atoms with Crippen molar-refractivity contribution in [2.75, 3.05) is 5.75 Å². The van der Waals surface area contributed by atoms with E-state index < -0.39 is 0 Å². The Balaban J connectivity index is 2.06. The highest BCUT2D eigenvalue weighted by Crippen LogP contribution is 2.27. The summed E-state index contributed by atoms with van der Waals surface area (Å²) in [6.45, 7) is 10.9. The predicted octanol–water partition coefficient (Wildman–Crippen LogP) is 3.93. The highest BCUT2D eigenvalue weighted by molar-refractivity contribution is 8.13. The molecule has 19 heavy (non-hydrogen) atoms. The molecule has 1 aromatic heterocycles. The van der Waals surface area contributed by atoms with E-state index in [0.29, 0.717) is 18.0 Å². The average molecular weight is 297 g/mol.